The Balaban J connectivity index is 1.54. The molecule has 2 N–H and O–H groups in total. The lowest BCUT2D eigenvalue weighted by Crippen LogP contribution is -2.46. The van der Waals surface area contributed by atoms with Crippen LogP contribution in [-0.4, -0.2) is 42.7 Å². The largest absolute Gasteiger partial charge is 0.433 e. The third kappa shape index (κ3) is 5.69. The average molecular weight is 461 g/mol. The minimum atomic E-state index is -4.55. The van der Waals surface area contributed by atoms with Gasteiger partial charge in [-0.1, -0.05) is 6.07 Å². The molecule has 1 aromatic carbocycles. The van der Waals surface area contributed by atoms with Crippen molar-refractivity contribution in [2.24, 2.45) is 0 Å². The molecule has 1 aliphatic rings. The molecular formula is C23H26F3N5O2. The van der Waals surface area contributed by atoms with Crippen LogP contribution in [0.2, 0.25) is 0 Å². The Morgan fingerprint density at radius 2 is 1.91 bits per heavy atom. The Labute approximate surface area is 189 Å². The molecule has 3 aromatic rings. The number of aliphatic hydroxyl groups is 1. The van der Waals surface area contributed by atoms with Crippen LogP contribution < -0.4 is 5.32 Å². The number of anilines is 2. The summed E-state index contributed by atoms with van der Waals surface area (Å²) in [5, 5.41) is 18.3. The molecule has 2 atom stereocenters. The number of aryl methyl sites for hydroxylation is 1. The predicted octanol–water partition coefficient (Wildman–Crippen LogP) is 4.73. The second-order valence-electron chi connectivity index (χ2n) is 8.79. The van der Waals surface area contributed by atoms with E-state index in [-0.39, 0.29) is 18.2 Å². The molecule has 4 rings (SSSR count). The Hall–Kier alpha value is -2.98. The summed E-state index contributed by atoms with van der Waals surface area (Å²) in [6, 6.07) is 6.37. The van der Waals surface area contributed by atoms with Gasteiger partial charge in [0, 0.05) is 36.5 Å². The van der Waals surface area contributed by atoms with Crippen molar-refractivity contribution in [3.63, 3.8) is 0 Å². The zero-order valence-corrected chi connectivity index (χ0v) is 18.6. The molecule has 2 aromatic heterocycles. The summed E-state index contributed by atoms with van der Waals surface area (Å²) in [5.41, 5.74) is 1.20. The van der Waals surface area contributed by atoms with Gasteiger partial charge < -0.3 is 15.2 Å². The topological polar surface area (TPSA) is 85.1 Å². The van der Waals surface area contributed by atoms with E-state index >= 15 is 0 Å². The first-order valence-electron chi connectivity index (χ1n) is 10.7. The predicted molar refractivity (Wildman–Crippen MR) is 117 cm³/mol. The fourth-order valence-electron chi connectivity index (χ4n) is 4.40. The highest BCUT2D eigenvalue weighted by molar-refractivity contribution is 5.70. The van der Waals surface area contributed by atoms with Crippen LogP contribution in [0, 0.1) is 6.92 Å². The molecule has 10 heteroatoms. The normalized spacial score (nSPS) is 23.5. The van der Waals surface area contributed by atoms with Crippen LogP contribution >= 0.6 is 0 Å². The number of rotatable bonds is 5. The van der Waals surface area contributed by atoms with Gasteiger partial charge in [-0.2, -0.15) is 18.3 Å². The van der Waals surface area contributed by atoms with Crippen molar-refractivity contribution >= 4 is 11.6 Å². The number of nitrogens with one attached hydrogen (secondary N) is 1. The maximum absolute atomic E-state index is 12.9. The number of halogens is 3. The molecule has 0 saturated carbocycles. The van der Waals surface area contributed by atoms with E-state index in [1.165, 1.54) is 0 Å². The van der Waals surface area contributed by atoms with Gasteiger partial charge in [-0.15, -0.1) is 0 Å². The van der Waals surface area contributed by atoms with Crippen molar-refractivity contribution in [2.45, 2.75) is 64.1 Å². The van der Waals surface area contributed by atoms with E-state index in [0.717, 1.165) is 29.0 Å². The third-order valence-electron chi connectivity index (χ3n) is 5.50. The fourth-order valence-corrected chi connectivity index (χ4v) is 4.40. The van der Waals surface area contributed by atoms with E-state index in [0.29, 0.717) is 25.1 Å². The summed E-state index contributed by atoms with van der Waals surface area (Å²) >= 11 is 0. The van der Waals surface area contributed by atoms with Crippen LogP contribution in [-0.2, 0) is 17.5 Å². The molecule has 1 fully saturated rings. The van der Waals surface area contributed by atoms with E-state index in [4.69, 9.17) is 4.74 Å². The van der Waals surface area contributed by atoms with Gasteiger partial charge in [0.25, 0.3) is 0 Å². The molecular weight excluding hydrogens is 435 g/mol. The molecule has 0 aliphatic carbocycles. The van der Waals surface area contributed by atoms with Crippen molar-refractivity contribution in [2.75, 3.05) is 5.32 Å². The number of nitrogens with zero attached hydrogens (tertiary/aromatic N) is 4. The van der Waals surface area contributed by atoms with E-state index in [1.54, 1.807) is 23.0 Å². The highest BCUT2D eigenvalue weighted by Gasteiger charge is 2.37. The average Bonchev–Trinajstić information content (AvgIpc) is 3.13. The van der Waals surface area contributed by atoms with E-state index in [1.807, 2.05) is 33.0 Å². The standard InChI is InChI=1S/C23H26F3N5O2/c1-14-6-17(8-19(7-14)29-21-27-5-4-20(30-21)23(24,25)26)18-11-28-31(12-18)13-22(32)9-15(2)33-16(3)10-22/h4-8,11-12,15-16,32H,9-10,13H2,1-3H3,(H,27,29,30). The molecule has 0 amide bonds. The highest BCUT2D eigenvalue weighted by atomic mass is 19.4. The van der Waals surface area contributed by atoms with Crippen molar-refractivity contribution in [1.82, 2.24) is 19.7 Å². The lowest BCUT2D eigenvalue weighted by molar-refractivity contribution is -0.141. The van der Waals surface area contributed by atoms with Crippen molar-refractivity contribution in [1.29, 1.82) is 0 Å². The Morgan fingerprint density at radius 3 is 2.61 bits per heavy atom. The van der Waals surface area contributed by atoms with E-state index in [9.17, 15) is 18.3 Å². The molecule has 2 unspecified atom stereocenters. The molecule has 33 heavy (non-hydrogen) atoms. The first kappa shape index (κ1) is 23.2. The number of alkyl halides is 3. The van der Waals surface area contributed by atoms with Crippen LogP contribution in [0.1, 0.15) is 37.9 Å². The number of hydrogen-bond donors (Lipinski definition) is 2. The minimum absolute atomic E-state index is 0.0303. The van der Waals surface area contributed by atoms with Gasteiger partial charge in [-0.25, -0.2) is 9.97 Å². The summed E-state index contributed by atoms with van der Waals surface area (Å²) in [6.45, 7) is 6.13. The minimum Gasteiger partial charge on any atom is -0.388 e. The molecule has 1 saturated heterocycles. The lowest BCUT2D eigenvalue weighted by Gasteiger charge is -2.39. The summed E-state index contributed by atoms with van der Waals surface area (Å²) < 4.78 is 46.3. The second-order valence-corrected chi connectivity index (χ2v) is 8.79. The second kappa shape index (κ2) is 8.75. The van der Waals surface area contributed by atoms with Crippen LogP contribution in [0.25, 0.3) is 11.1 Å². The zero-order valence-electron chi connectivity index (χ0n) is 18.6. The van der Waals surface area contributed by atoms with Crippen molar-refractivity contribution in [3.05, 3.63) is 54.1 Å². The third-order valence-corrected chi connectivity index (χ3v) is 5.50. The number of benzene rings is 1. The molecule has 0 spiro atoms. The monoisotopic (exact) mass is 461 g/mol. The summed E-state index contributed by atoms with van der Waals surface area (Å²) in [6.07, 6.45) is 1.08. The lowest BCUT2D eigenvalue weighted by atomic mass is 9.87. The SMILES string of the molecule is Cc1cc(Nc2nccc(C(F)(F)F)n2)cc(-c2cnn(CC3(O)CC(C)OC(C)C3)c2)c1. The zero-order chi connectivity index (χ0) is 23.8. The Kier molecular flexibility index (Phi) is 6.15. The number of hydrogen-bond acceptors (Lipinski definition) is 6. The number of ether oxygens (including phenoxy) is 1. The summed E-state index contributed by atoms with van der Waals surface area (Å²) in [7, 11) is 0. The summed E-state index contributed by atoms with van der Waals surface area (Å²) in [4.78, 5) is 7.45. The quantitative estimate of drug-likeness (QED) is 0.572. The molecule has 0 radical (unpaired) electrons. The Morgan fingerprint density at radius 1 is 1.18 bits per heavy atom. The first-order valence-corrected chi connectivity index (χ1v) is 10.7. The van der Waals surface area contributed by atoms with Gasteiger partial charge in [0.1, 0.15) is 5.69 Å². The van der Waals surface area contributed by atoms with Gasteiger partial charge >= 0.3 is 6.18 Å². The maximum atomic E-state index is 12.9. The van der Waals surface area contributed by atoms with Gasteiger partial charge in [0.05, 0.1) is 30.6 Å². The molecule has 0 bridgehead atoms. The summed E-state index contributed by atoms with van der Waals surface area (Å²) in [5.74, 6) is -0.137. The first-order chi connectivity index (χ1) is 15.5. The molecule has 1 aliphatic heterocycles. The van der Waals surface area contributed by atoms with E-state index in [2.05, 4.69) is 20.4 Å². The van der Waals surface area contributed by atoms with Crippen LogP contribution in [0.15, 0.2) is 42.9 Å². The molecule has 176 valence electrons. The van der Waals surface area contributed by atoms with Crippen LogP contribution in [0.3, 0.4) is 0 Å². The smallest absolute Gasteiger partial charge is 0.388 e. The maximum Gasteiger partial charge on any atom is 0.433 e. The number of aromatic nitrogens is 4. The van der Waals surface area contributed by atoms with Gasteiger partial charge in [0.2, 0.25) is 5.95 Å². The Bertz CT molecular complexity index is 1120. The fraction of sp³-hybridized carbons (Fsp3) is 0.435. The molecule has 3 heterocycles. The molecule has 7 nitrogen and oxygen atoms in total. The van der Waals surface area contributed by atoms with Crippen LogP contribution in [0.5, 0.6) is 0 Å². The van der Waals surface area contributed by atoms with Crippen molar-refractivity contribution < 1.29 is 23.0 Å². The van der Waals surface area contributed by atoms with Gasteiger partial charge in [-0.3, -0.25) is 4.68 Å². The highest BCUT2D eigenvalue weighted by Crippen LogP contribution is 2.32. The van der Waals surface area contributed by atoms with Gasteiger partial charge in [0.15, 0.2) is 0 Å². The van der Waals surface area contributed by atoms with Crippen molar-refractivity contribution in [3.8, 4) is 11.1 Å². The van der Waals surface area contributed by atoms with Crippen LogP contribution in [0.4, 0.5) is 24.8 Å². The van der Waals surface area contributed by atoms with Gasteiger partial charge in [-0.05, 0) is 50.1 Å². The van der Waals surface area contributed by atoms with E-state index < -0.39 is 17.5 Å².